The summed E-state index contributed by atoms with van der Waals surface area (Å²) in [4.78, 5) is 26.0. The van der Waals surface area contributed by atoms with Crippen LogP contribution in [0.3, 0.4) is 0 Å². The predicted molar refractivity (Wildman–Crippen MR) is 70.1 cm³/mol. The lowest BCUT2D eigenvalue weighted by Gasteiger charge is -2.27. The highest BCUT2D eigenvalue weighted by Crippen LogP contribution is 2.35. The first-order valence-corrected chi connectivity index (χ1v) is 6.73. The van der Waals surface area contributed by atoms with Gasteiger partial charge >= 0.3 is 0 Å². The summed E-state index contributed by atoms with van der Waals surface area (Å²) in [7, 11) is 0. The van der Waals surface area contributed by atoms with E-state index >= 15 is 0 Å². The van der Waals surface area contributed by atoms with Gasteiger partial charge in [0.15, 0.2) is 5.78 Å². The second-order valence-electron chi connectivity index (χ2n) is 5.11. The lowest BCUT2D eigenvalue weighted by molar-refractivity contribution is -0.135. The summed E-state index contributed by atoms with van der Waals surface area (Å²) in [6.07, 6.45) is 0.901. The van der Waals surface area contributed by atoms with E-state index in [1.807, 2.05) is 29.2 Å². The monoisotopic (exact) mass is 259 g/mol. The van der Waals surface area contributed by atoms with Crippen LogP contribution in [0.25, 0.3) is 0 Å². The second-order valence-corrected chi connectivity index (χ2v) is 5.11. The van der Waals surface area contributed by atoms with Crippen molar-refractivity contribution in [3.8, 4) is 0 Å². The van der Waals surface area contributed by atoms with Crippen LogP contribution in [0.15, 0.2) is 24.3 Å². The van der Waals surface area contributed by atoms with E-state index < -0.39 is 0 Å². The Balaban J connectivity index is 1.71. The molecule has 1 atom stereocenters. The van der Waals surface area contributed by atoms with Crippen LogP contribution >= 0.6 is 0 Å². The first-order chi connectivity index (χ1) is 9.25. The van der Waals surface area contributed by atoms with Crippen LogP contribution in [-0.4, -0.2) is 42.9 Å². The summed E-state index contributed by atoms with van der Waals surface area (Å²) in [6, 6.07) is 7.64. The van der Waals surface area contributed by atoms with Crippen LogP contribution < -0.4 is 0 Å². The Morgan fingerprint density at radius 1 is 1.26 bits per heavy atom. The van der Waals surface area contributed by atoms with Crippen LogP contribution in [0.5, 0.6) is 0 Å². The van der Waals surface area contributed by atoms with Crippen molar-refractivity contribution in [1.29, 1.82) is 0 Å². The van der Waals surface area contributed by atoms with Gasteiger partial charge in [0.2, 0.25) is 5.91 Å². The molecule has 1 aromatic carbocycles. The largest absolute Gasteiger partial charge is 0.378 e. The van der Waals surface area contributed by atoms with E-state index in [2.05, 4.69) is 0 Å². The molecular weight excluding hydrogens is 242 g/mol. The number of amides is 1. The van der Waals surface area contributed by atoms with Crippen LogP contribution in [0.2, 0.25) is 0 Å². The molecule has 0 bridgehead atoms. The highest BCUT2D eigenvalue weighted by Gasteiger charge is 2.31. The van der Waals surface area contributed by atoms with Gasteiger partial charge < -0.3 is 9.64 Å². The number of carbonyl (C=O) groups excluding carboxylic acids is 2. The molecule has 0 N–H and O–H groups in total. The minimum absolute atomic E-state index is 0.0547. The highest BCUT2D eigenvalue weighted by molar-refractivity contribution is 6.01. The summed E-state index contributed by atoms with van der Waals surface area (Å²) < 4.78 is 5.25. The number of fused-ring (bicyclic) bond motifs is 1. The zero-order chi connectivity index (χ0) is 13.2. The van der Waals surface area contributed by atoms with Crippen LogP contribution in [0, 0.1) is 0 Å². The number of carbonyl (C=O) groups is 2. The first-order valence-electron chi connectivity index (χ1n) is 6.73. The molecule has 2 aliphatic rings. The topological polar surface area (TPSA) is 46.6 Å². The molecule has 1 heterocycles. The molecule has 1 aliphatic carbocycles. The van der Waals surface area contributed by atoms with Crippen LogP contribution in [-0.2, 0) is 9.53 Å². The average molecular weight is 259 g/mol. The van der Waals surface area contributed by atoms with E-state index in [1.165, 1.54) is 0 Å². The summed E-state index contributed by atoms with van der Waals surface area (Å²) in [5.41, 5.74) is 1.83. The zero-order valence-corrected chi connectivity index (χ0v) is 10.8. The van der Waals surface area contributed by atoms with Crippen molar-refractivity contribution in [2.45, 2.75) is 18.8 Å². The molecule has 1 aliphatic heterocycles. The molecule has 0 spiro atoms. The van der Waals surface area contributed by atoms with Gasteiger partial charge in [-0.3, -0.25) is 9.59 Å². The highest BCUT2D eigenvalue weighted by atomic mass is 16.5. The fraction of sp³-hybridized carbons (Fsp3) is 0.467. The number of morpholine rings is 1. The molecule has 4 nitrogen and oxygen atoms in total. The van der Waals surface area contributed by atoms with E-state index in [4.69, 9.17) is 4.74 Å². The third kappa shape index (κ3) is 2.40. The molecule has 0 aromatic heterocycles. The molecule has 0 radical (unpaired) electrons. The Bertz CT molecular complexity index is 506. The molecule has 4 heteroatoms. The lowest BCUT2D eigenvalue weighted by Crippen LogP contribution is -2.41. The van der Waals surface area contributed by atoms with Crippen molar-refractivity contribution in [3.05, 3.63) is 35.4 Å². The molecule has 1 aromatic rings. The van der Waals surface area contributed by atoms with Gasteiger partial charge in [-0.25, -0.2) is 0 Å². The van der Waals surface area contributed by atoms with Crippen molar-refractivity contribution >= 4 is 11.7 Å². The van der Waals surface area contributed by atoms with E-state index in [0.717, 1.165) is 11.1 Å². The number of nitrogens with zero attached hydrogens (tertiary/aromatic N) is 1. The smallest absolute Gasteiger partial charge is 0.223 e. The van der Waals surface area contributed by atoms with Gasteiger partial charge in [-0.05, 0) is 5.56 Å². The number of Topliss-reactive ketones (excluding diaryl/α,β-unsaturated/α-hetero) is 1. The Kier molecular flexibility index (Phi) is 3.34. The van der Waals surface area contributed by atoms with E-state index in [1.54, 1.807) is 0 Å². The molecule has 3 rings (SSSR count). The van der Waals surface area contributed by atoms with Gasteiger partial charge in [0.25, 0.3) is 0 Å². The maximum atomic E-state index is 12.2. The van der Waals surface area contributed by atoms with Gasteiger partial charge in [0, 0.05) is 37.4 Å². The second kappa shape index (κ2) is 5.13. The van der Waals surface area contributed by atoms with Crippen molar-refractivity contribution in [1.82, 2.24) is 4.90 Å². The van der Waals surface area contributed by atoms with Gasteiger partial charge in [-0.2, -0.15) is 0 Å². The van der Waals surface area contributed by atoms with Gasteiger partial charge in [-0.1, -0.05) is 24.3 Å². The molecule has 1 unspecified atom stereocenters. The standard InChI is InChI=1S/C15H17NO3/c17-14-9-11(12-3-1-2-4-13(12)14)10-15(18)16-5-7-19-8-6-16/h1-4,11H,5-10H2. The van der Waals surface area contributed by atoms with Crippen molar-refractivity contribution < 1.29 is 14.3 Å². The average Bonchev–Trinajstić information content (AvgIpc) is 2.77. The van der Waals surface area contributed by atoms with E-state index in [-0.39, 0.29) is 17.6 Å². The number of benzene rings is 1. The Morgan fingerprint density at radius 3 is 2.79 bits per heavy atom. The van der Waals surface area contributed by atoms with Crippen LogP contribution in [0.1, 0.15) is 34.7 Å². The lowest BCUT2D eigenvalue weighted by atomic mass is 9.97. The summed E-state index contributed by atoms with van der Waals surface area (Å²) in [5, 5.41) is 0. The zero-order valence-electron chi connectivity index (χ0n) is 10.8. The Morgan fingerprint density at radius 2 is 2.00 bits per heavy atom. The summed E-state index contributed by atoms with van der Waals surface area (Å²) in [6.45, 7) is 2.57. The number of hydrogen-bond acceptors (Lipinski definition) is 3. The summed E-state index contributed by atoms with van der Waals surface area (Å²) >= 11 is 0. The fourth-order valence-electron chi connectivity index (χ4n) is 2.89. The fourth-order valence-corrected chi connectivity index (χ4v) is 2.89. The Labute approximate surface area is 112 Å². The number of ether oxygens (including phenoxy) is 1. The molecule has 1 saturated heterocycles. The van der Waals surface area contributed by atoms with Gasteiger partial charge in [-0.15, -0.1) is 0 Å². The molecular formula is C15H17NO3. The third-order valence-corrected chi connectivity index (χ3v) is 3.92. The van der Waals surface area contributed by atoms with Crippen LogP contribution in [0.4, 0.5) is 0 Å². The van der Waals surface area contributed by atoms with E-state index in [0.29, 0.717) is 39.1 Å². The third-order valence-electron chi connectivity index (χ3n) is 3.92. The van der Waals surface area contributed by atoms with Crippen molar-refractivity contribution in [2.75, 3.05) is 26.3 Å². The molecule has 1 amide bonds. The summed E-state index contributed by atoms with van der Waals surface area (Å²) in [5.74, 6) is 0.354. The molecule has 19 heavy (non-hydrogen) atoms. The normalized spacial score (nSPS) is 22.4. The van der Waals surface area contributed by atoms with Crippen molar-refractivity contribution in [2.24, 2.45) is 0 Å². The predicted octanol–water partition coefficient (Wildman–Crippen LogP) is 1.61. The quantitative estimate of drug-likeness (QED) is 0.810. The maximum Gasteiger partial charge on any atom is 0.223 e. The molecule has 1 fully saturated rings. The SMILES string of the molecule is O=C1CC(CC(=O)N2CCOCC2)c2ccccc21. The van der Waals surface area contributed by atoms with Crippen molar-refractivity contribution in [3.63, 3.8) is 0 Å². The number of hydrogen-bond donors (Lipinski definition) is 0. The minimum Gasteiger partial charge on any atom is -0.378 e. The minimum atomic E-state index is 0.0547. The molecule has 100 valence electrons. The first kappa shape index (κ1) is 12.4. The Hall–Kier alpha value is -1.68. The molecule has 0 saturated carbocycles. The van der Waals surface area contributed by atoms with Gasteiger partial charge in [0.05, 0.1) is 13.2 Å². The number of ketones is 1. The van der Waals surface area contributed by atoms with Gasteiger partial charge in [0.1, 0.15) is 0 Å². The maximum absolute atomic E-state index is 12.2. The van der Waals surface area contributed by atoms with E-state index in [9.17, 15) is 9.59 Å². The number of rotatable bonds is 2.